The van der Waals surface area contributed by atoms with E-state index < -0.39 is 11.8 Å². The van der Waals surface area contributed by atoms with E-state index in [-0.39, 0.29) is 5.76 Å². The maximum absolute atomic E-state index is 10.8. The molecule has 0 aliphatic rings. The van der Waals surface area contributed by atoms with Crippen LogP contribution < -0.4 is 0 Å². The fourth-order valence-electron chi connectivity index (χ4n) is 1.18. The molecule has 2 N–H and O–H groups in total. The molecule has 0 aromatic carbocycles. The number of carbonyl (C=O) groups excluding carboxylic acids is 1. The summed E-state index contributed by atoms with van der Waals surface area (Å²) < 4.78 is 1.70. The standard InChI is InChI=1S/C10H11NO4/c1-2-11-5-3-4-7(11)8(12)6-9(13)10(14)15/h3-6,12H,2H2,1H3,(H,14,15). The average Bonchev–Trinajstić information content (AvgIpc) is 2.64. The first kappa shape index (κ1) is 11.0. The summed E-state index contributed by atoms with van der Waals surface area (Å²) in [6, 6.07) is 3.30. The Morgan fingerprint density at radius 3 is 2.67 bits per heavy atom. The van der Waals surface area contributed by atoms with Crippen LogP contribution in [0.5, 0.6) is 0 Å². The van der Waals surface area contributed by atoms with Crippen LogP contribution in [0, 0.1) is 0 Å². The summed E-state index contributed by atoms with van der Waals surface area (Å²) in [5, 5.41) is 17.8. The number of carboxylic acids is 1. The number of carbonyl (C=O) groups is 2. The van der Waals surface area contributed by atoms with Gasteiger partial charge in [-0.2, -0.15) is 0 Å². The van der Waals surface area contributed by atoms with E-state index in [1.807, 2.05) is 6.92 Å². The van der Waals surface area contributed by atoms with Crippen LogP contribution in [0.15, 0.2) is 24.4 Å². The minimum atomic E-state index is -1.59. The normalized spacial score (nSPS) is 11.4. The van der Waals surface area contributed by atoms with Crippen LogP contribution in [-0.4, -0.2) is 26.5 Å². The van der Waals surface area contributed by atoms with Crippen molar-refractivity contribution in [2.24, 2.45) is 0 Å². The Kier molecular flexibility index (Phi) is 3.28. The summed E-state index contributed by atoms with van der Waals surface area (Å²) in [5.74, 6) is -3.07. The molecule has 80 valence electrons. The molecule has 5 heteroatoms. The number of aliphatic hydroxyl groups is 1. The number of aryl methyl sites for hydroxylation is 1. The number of hydrogen-bond donors (Lipinski definition) is 2. The lowest BCUT2D eigenvalue weighted by atomic mass is 10.2. The molecule has 0 aliphatic heterocycles. The maximum Gasteiger partial charge on any atom is 0.376 e. The van der Waals surface area contributed by atoms with Gasteiger partial charge in [-0.15, -0.1) is 0 Å². The van der Waals surface area contributed by atoms with Crippen molar-refractivity contribution >= 4 is 17.5 Å². The van der Waals surface area contributed by atoms with Crippen LogP contribution in [0.1, 0.15) is 12.6 Å². The smallest absolute Gasteiger partial charge is 0.376 e. The van der Waals surface area contributed by atoms with E-state index >= 15 is 0 Å². The molecule has 0 bridgehead atoms. The summed E-state index contributed by atoms with van der Waals surface area (Å²) >= 11 is 0. The van der Waals surface area contributed by atoms with Crippen LogP contribution in [-0.2, 0) is 16.1 Å². The number of carboxylic acid groups (broad SMARTS) is 1. The monoisotopic (exact) mass is 209 g/mol. The molecule has 1 aromatic heterocycles. The van der Waals surface area contributed by atoms with Crippen molar-refractivity contribution < 1.29 is 19.8 Å². The number of rotatable bonds is 4. The van der Waals surface area contributed by atoms with E-state index in [9.17, 15) is 14.7 Å². The SMILES string of the molecule is CCn1cccc1C(O)=CC(=O)C(=O)O. The Labute approximate surface area is 86.3 Å². The molecule has 0 fully saturated rings. The number of ketones is 1. The van der Waals surface area contributed by atoms with Crippen LogP contribution in [0.4, 0.5) is 0 Å². The van der Waals surface area contributed by atoms with Crippen molar-refractivity contribution in [3.8, 4) is 0 Å². The van der Waals surface area contributed by atoms with Gasteiger partial charge in [0.25, 0.3) is 5.78 Å². The third-order valence-corrected chi connectivity index (χ3v) is 1.91. The second-order valence-electron chi connectivity index (χ2n) is 2.88. The number of aromatic nitrogens is 1. The Morgan fingerprint density at radius 2 is 2.13 bits per heavy atom. The predicted octanol–water partition coefficient (Wildman–Crippen LogP) is 1.06. The summed E-state index contributed by atoms with van der Waals surface area (Å²) in [4.78, 5) is 21.0. The molecule has 0 amide bonds. The van der Waals surface area contributed by atoms with Gasteiger partial charge in [-0.05, 0) is 19.1 Å². The number of aliphatic carboxylic acids is 1. The van der Waals surface area contributed by atoms with Gasteiger partial charge in [0, 0.05) is 18.8 Å². The zero-order valence-corrected chi connectivity index (χ0v) is 8.17. The molecule has 0 spiro atoms. The first-order chi connectivity index (χ1) is 7.06. The molecule has 5 nitrogen and oxygen atoms in total. The topological polar surface area (TPSA) is 79.5 Å². The molecular formula is C10H11NO4. The molecular weight excluding hydrogens is 198 g/mol. The van der Waals surface area contributed by atoms with Crippen molar-refractivity contribution in [2.75, 3.05) is 0 Å². The van der Waals surface area contributed by atoms with Crippen LogP contribution >= 0.6 is 0 Å². The van der Waals surface area contributed by atoms with Crippen LogP contribution in [0.25, 0.3) is 5.76 Å². The van der Waals surface area contributed by atoms with Crippen molar-refractivity contribution in [3.05, 3.63) is 30.1 Å². The van der Waals surface area contributed by atoms with E-state index in [4.69, 9.17) is 5.11 Å². The molecule has 0 radical (unpaired) electrons. The second-order valence-corrected chi connectivity index (χ2v) is 2.88. The lowest BCUT2D eigenvalue weighted by molar-refractivity contribution is -0.146. The van der Waals surface area contributed by atoms with Gasteiger partial charge in [0.2, 0.25) is 0 Å². The summed E-state index contributed by atoms with van der Waals surface area (Å²) in [6.45, 7) is 2.50. The summed E-state index contributed by atoms with van der Waals surface area (Å²) in [5.41, 5.74) is 0.423. The van der Waals surface area contributed by atoms with Crippen LogP contribution in [0.2, 0.25) is 0 Å². The number of aliphatic hydroxyl groups excluding tert-OH is 1. The van der Waals surface area contributed by atoms with Gasteiger partial charge in [-0.25, -0.2) is 4.79 Å². The molecule has 0 saturated carbocycles. The minimum Gasteiger partial charge on any atom is -0.506 e. The van der Waals surface area contributed by atoms with E-state index in [2.05, 4.69) is 0 Å². The van der Waals surface area contributed by atoms with Gasteiger partial charge >= 0.3 is 5.97 Å². The maximum atomic E-state index is 10.8. The van der Waals surface area contributed by atoms with Crippen molar-refractivity contribution in [1.29, 1.82) is 0 Å². The van der Waals surface area contributed by atoms with Gasteiger partial charge in [0.05, 0.1) is 5.69 Å². The summed E-state index contributed by atoms with van der Waals surface area (Å²) in [7, 11) is 0. The quantitative estimate of drug-likeness (QED) is 0.441. The largest absolute Gasteiger partial charge is 0.506 e. The molecule has 0 saturated heterocycles. The predicted molar refractivity (Wildman–Crippen MR) is 53.4 cm³/mol. The van der Waals surface area contributed by atoms with Gasteiger partial charge < -0.3 is 14.8 Å². The zero-order valence-electron chi connectivity index (χ0n) is 8.17. The Hall–Kier alpha value is -2.04. The zero-order chi connectivity index (χ0) is 11.4. The summed E-state index contributed by atoms with van der Waals surface area (Å²) in [6.07, 6.45) is 2.43. The fourth-order valence-corrected chi connectivity index (χ4v) is 1.18. The highest BCUT2D eigenvalue weighted by Crippen LogP contribution is 2.12. The Bertz CT molecular complexity index is 417. The number of hydrogen-bond acceptors (Lipinski definition) is 3. The van der Waals surface area contributed by atoms with E-state index in [1.54, 1.807) is 22.9 Å². The van der Waals surface area contributed by atoms with Gasteiger partial charge in [-0.1, -0.05) is 0 Å². The number of nitrogens with zero attached hydrogens (tertiary/aromatic N) is 1. The lowest BCUT2D eigenvalue weighted by Crippen LogP contribution is -2.10. The van der Waals surface area contributed by atoms with Gasteiger partial charge in [-0.3, -0.25) is 4.79 Å². The van der Waals surface area contributed by atoms with Gasteiger partial charge in [0.15, 0.2) is 0 Å². The van der Waals surface area contributed by atoms with Crippen molar-refractivity contribution in [1.82, 2.24) is 4.57 Å². The Balaban J connectivity index is 2.98. The molecule has 1 aromatic rings. The second kappa shape index (κ2) is 4.45. The Morgan fingerprint density at radius 1 is 1.47 bits per heavy atom. The first-order valence-corrected chi connectivity index (χ1v) is 4.39. The highest BCUT2D eigenvalue weighted by molar-refractivity contribution is 6.38. The third kappa shape index (κ3) is 2.46. The molecule has 0 unspecified atom stereocenters. The highest BCUT2D eigenvalue weighted by atomic mass is 16.4. The molecule has 15 heavy (non-hydrogen) atoms. The fraction of sp³-hybridized carbons (Fsp3) is 0.200. The molecule has 0 aliphatic carbocycles. The minimum absolute atomic E-state index is 0.339. The van der Waals surface area contributed by atoms with Crippen molar-refractivity contribution in [2.45, 2.75) is 13.5 Å². The van der Waals surface area contributed by atoms with E-state index in [0.29, 0.717) is 18.3 Å². The third-order valence-electron chi connectivity index (χ3n) is 1.91. The molecule has 1 rings (SSSR count). The van der Waals surface area contributed by atoms with Gasteiger partial charge in [0.1, 0.15) is 5.76 Å². The van der Waals surface area contributed by atoms with E-state index in [0.717, 1.165) is 0 Å². The highest BCUT2D eigenvalue weighted by Gasteiger charge is 2.12. The molecule has 1 heterocycles. The van der Waals surface area contributed by atoms with E-state index in [1.165, 1.54) is 0 Å². The van der Waals surface area contributed by atoms with Crippen molar-refractivity contribution in [3.63, 3.8) is 0 Å². The first-order valence-electron chi connectivity index (χ1n) is 4.39. The average molecular weight is 209 g/mol. The molecule has 0 atom stereocenters. The van der Waals surface area contributed by atoms with Crippen LogP contribution in [0.3, 0.4) is 0 Å². The lowest BCUT2D eigenvalue weighted by Gasteiger charge is -2.04.